The number of nitrogens with zero attached hydrogens (tertiary/aromatic N) is 5. The minimum Gasteiger partial charge on any atom is -0.336 e. The Hall–Kier alpha value is -0.860. The van der Waals surface area contributed by atoms with Gasteiger partial charge in [-0.15, -0.1) is 10.2 Å². The zero-order valence-corrected chi connectivity index (χ0v) is 11.2. The zero-order chi connectivity index (χ0) is 11.7. The van der Waals surface area contributed by atoms with Gasteiger partial charge in [0, 0.05) is 0 Å². The number of hydrogen-bond acceptors (Lipinski definition) is 6. The molecule has 0 aliphatic carbocycles. The SMILES string of the molecule is Cc1nnc(Sc2ncnc(Cl)c2Br)n1N. The normalized spacial score (nSPS) is 10.7. The zero-order valence-electron chi connectivity index (χ0n) is 8.05. The fourth-order valence-corrected chi connectivity index (χ4v) is 2.32. The van der Waals surface area contributed by atoms with Gasteiger partial charge in [-0.05, 0) is 34.6 Å². The fraction of sp³-hybridized carbons (Fsp3) is 0.143. The molecule has 0 atom stereocenters. The summed E-state index contributed by atoms with van der Waals surface area (Å²) in [5, 5.41) is 9.27. The molecule has 2 rings (SSSR count). The molecule has 0 saturated heterocycles. The molecule has 84 valence electrons. The standard InChI is InChI=1S/C7H6BrClN6S/c1-3-13-14-7(15(3)10)16-6-4(8)5(9)11-2-12-6/h2H,10H2,1H3. The van der Waals surface area contributed by atoms with Gasteiger partial charge in [0.1, 0.15) is 22.3 Å². The molecule has 16 heavy (non-hydrogen) atoms. The van der Waals surface area contributed by atoms with Gasteiger partial charge in [-0.25, -0.2) is 14.6 Å². The molecule has 0 amide bonds. The average molecular weight is 322 g/mol. The van der Waals surface area contributed by atoms with E-state index in [2.05, 4.69) is 36.1 Å². The molecule has 0 bridgehead atoms. The van der Waals surface area contributed by atoms with Gasteiger partial charge in [0.25, 0.3) is 0 Å². The second-order valence-electron chi connectivity index (χ2n) is 2.79. The second kappa shape index (κ2) is 4.56. The van der Waals surface area contributed by atoms with Gasteiger partial charge < -0.3 is 5.84 Å². The van der Waals surface area contributed by atoms with E-state index in [-0.39, 0.29) is 0 Å². The van der Waals surface area contributed by atoms with E-state index in [1.165, 1.54) is 22.8 Å². The number of halogens is 2. The largest absolute Gasteiger partial charge is 0.336 e. The van der Waals surface area contributed by atoms with E-state index in [0.717, 1.165) is 0 Å². The highest BCUT2D eigenvalue weighted by molar-refractivity contribution is 9.10. The lowest BCUT2D eigenvalue weighted by atomic mass is 10.7. The molecular formula is C7H6BrClN6S. The number of hydrogen-bond donors (Lipinski definition) is 1. The maximum Gasteiger partial charge on any atom is 0.216 e. The third-order valence-corrected chi connectivity index (χ3v) is 4.23. The Labute approximate surface area is 109 Å². The molecule has 0 spiro atoms. The summed E-state index contributed by atoms with van der Waals surface area (Å²) in [6.45, 7) is 1.76. The second-order valence-corrected chi connectivity index (χ2v) is 4.89. The first-order valence-corrected chi connectivity index (χ1v) is 6.09. The molecule has 2 N–H and O–H groups in total. The van der Waals surface area contributed by atoms with Gasteiger partial charge >= 0.3 is 0 Å². The summed E-state index contributed by atoms with van der Waals surface area (Å²) in [5.41, 5.74) is 0. The minimum atomic E-state index is 0.345. The molecule has 0 aliphatic heterocycles. The van der Waals surface area contributed by atoms with Gasteiger partial charge in [0.15, 0.2) is 0 Å². The van der Waals surface area contributed by atoms with Gasteiger partial charge in [0.05, 0.1) is 4.47 Å². The van der Waals surface area contributed by atoms with Crippen LogP contribution in [0.15, 0.2) is 21.0 Å². The van der Waals surface area contributed by atoms with E-state index in [1.54, 1.807) is 6.92 Å². The van der Waals surface area contributed by atoms with Crippen LogP contribution >= 0.6 is 39.3 Å². The van der Waals surface area contributed by atoms with Gasteiger partial charge in [0.2, 0.25) is 5.16 Å². The van der Waals surface area contributed by atoms with Crippen LogP contribution in [0.1, 0.15) is 5.82 Å². The van der Waals surface area contributed by atoms with E-state index in [1.807, 2.05) is 0 Å². The predicted molar refractivity (Wildman–Crippen MR) is 63.8 cm³/mol. The molecule has 2 aromatic rings. The van der Waals surface area contributed by atoms with Crippen molar-refractivity contribution in [2.24, 2.45) is 0 Å². The smallest absolute Gasteiger partial charge is 0.216 e. The quantitative estimate of drug-likeness (QED) is 0.669. The van der Waals surface area contributed by atoms with Crippen molar-refractivity contribution in [2.75, 3.05) is 5.84 Å². The summed E-state index contributed by atoms with van der Waals surface area (Å²) in [4.78, 5) is 7.90. The van der Waals surface area contributed by atoms with Gasteiger partial charge in [-0.3, -0.25) is 0 Å². The van der Waals surface area contributed by atoms with E-state index in [9.17, 15) is 0 Å². The summed E-state index contributed by atoms with van der Waals surface area (Å²) in [6.07, 6.45) is 1.37. The molecule has 9 heteroatoms. The van der Waals surface area contributed by atoms with Crippen LogP contribution in [-0.2, 0) is 0 Å². The highest BCUT2D eigenvalue weighted by atomic mass is 79.9. The third-order valence-electron chi connectivity index (χ3n) is 1.74. The first-order chi connectivity index (χ1) is 7.59. The van der Waals surface area contributed by atoms with Gasteiger partial charge in [-0.1, -0.05) is 11.6 Å². The maximum atomic E-state index is 5.84. The van der Waals surface area contributed by atoms with Crippen LogP contribution < -0.4 is 5.84 Å². The molecule has 0 unspecified atom stereocenters. The lowest BCUT2D eigenvalue weighted by molar-refractivity contribution is 0.822. The molecule has 6 nitrogen and oxygen atoms in total. The molecule has 2 aromatic heterocycles. The number of aryl methyl sites for hydroxylation is 1. The van der Waals surface area contributed by atoms with Crippen LogP contribution in [0, 0.1) is 6.92 Å². The van der Waals surface area contributed by atoms with Crippen molar-refractivity contribution < 1.29 is 0 Å². The van der Waals surface area contributed by atoms with Gasteiger partial charge in [-0.2, -0.15) is 0 Å². The summed E-state index contributed by atoms with van der Waals surface area (Å²) < 4.78 is 2.00. The van der Waals surface area contributed by atoms with Crippen LogP contribution in [0.3, 0.4) is 0 Å². The Morgan fingerprint density at radius 2 is 2.19 bits per heavy atom. The number of aromatic nitrogens is 5. The third kappa shape index (κ3) is 2.13. The van der Waals surface area contributed by atoms with Crippen LogP contribution in [0.5, 0.6) is 0 Å². The Kier molecular flexibility index (Phi) is 3.31. The van der Waals surface area contributed by atoms with Crippen molar-refractivity contribution in [1.82, 2.24) is 24.8 Å². The lowest BCUT2D eigenvalue weighted by Gasteiger charge is -2.03. The van der Waals surface area contributed by atoms with Crippen molar-refractivity contribution in [1.29, 1.82) is 0 Å². The van der Waals surface area contributed by atoms with Crippen LogP contribution in [0.4, 0.5) is 0 Å². The van der Waals surface area contributed by atoms with Crippen molar-refractivity contribution in [3.63, 3.8) is 0 Å². The lowest BCUT2D eigenvalue weighted by Crippen LogP contribution is -2.11. The molecule has 0 radical (unpaired) electrons. The topological polar surface area (TPSA) is 82.5 Å². The number of nitrogen functional groups attached to an aromatic ring is 1. The first-order valence-electron chi connectivity index (χ1n) is 4.10. The Bertz CT molecular complexity index is 530. The van der Waals surface area contributed by atoms with E-state index >= 15 is 0 Å². The summed E-state index contributed by atoms with van der Waals surface area (Å²) in [7, 11) is 0. The van der Waals surface area contributed by atoms with Crippen molar-refractivity contribution >= 4 is 39.3 Å². The molecule has 0 saturated carbocycles. The Balaban J connectivity index is 2.34. The van der Waals surface area contributed by atoms with Crippen molar-refractivity contribution in [3.05, 3.63) is 21.8 Å². The highest BCUT2D eigenvalue weighted by Crippen LogP contribution is 2.33. The Morgan fingerprint density at radius 3 is 2.81 bits per heavy atom. The van der Waals surface area contributed by atoms with Crippen LogP contribution in [-0.4, -0.2) is 24.8 Å². The van der Waals surface area contributed by atoms with Crippen LogP contribution in [0.2, 0.25) is 5.15 Å². The minimum absolute atomic E-state index is 0.345. The summed E-state index contributed by atoms with van der Waals surface area (Å²) >= 11 is 10.4. The number of nitrogens with two attached hydrogens (primary N) is 1. The summed E-state index contributed by atoms with van der Waals surface area (Å²) in [5.74, 6) is 6.34. The van der Waals surface area contributed by atoms with Crippen LogP contribution in [0.25, 0.3) is 0 Å². The van der Waals surface area contributed by atoms with E-state index in [0.29, 0.717) is 25.6 Å². The molecule has 0 fully saturated rings. The van der Waals surface area contributed by atoms with Crippen molar-refractivity contribution in [2.45, 2.75) is 17.1 Å². The fourth-order valence-electron chi connectivity index (χ4n) is 0.911. The average Bonchev–Trinajstić information content (AvgIpc) is 2.57. The molecular weight excluding hydrogens is 316 g/mol. The highest BCUT2D eigenvalue weighted by Gasteiger charge is 2.13. The Morgan fingerprint density at radius 1 is 1.44 bits per heavy atom. The molecule has 0 aromatic carbocycles. The number of rotatable bonds is 2. The molecule has 2 heterocycles. The van der Waals surface area contributed by atoms with Crippen molar-refractivity contribution in [3.8, 4) is 0 Å². The van der Waals surface area contributed by atoms with E-state index in [4.69, 9.17) is 17.4 Å². The summed E-state index contributed by atoms with van der Waals surface area (Å²) in [6, 6.07) is 0. The monoisotopic (exact) mass is 320 g/mol. The maximum absolute atomic E-state index is 5.84. The predicted octanol–water partition coefficient (Wildman–Crippen LogP) is 1.66. The first kappa shape index (κ1) is 11.6. The van der Waals surface area contributed by atoms with E-state index < -0.39 is 0 Å². The molecule has 0 aliphatic rings.